The topological polar surface area (TPSA) is 58.2 Å². The summed E-state index contributed by atoms with van der Waals surface area (Å²) in [4.78, 5) is 23.0. The van der Waals surface area contributed by atoms with E-state index in [4.69, 9.17) is 0 Å². The fraction of sp³-hybridized carbons (Fsp3) is 0.529. The van der Waals surface area contributed by atoms with Crippen LogP contribution in [0, 0.1) is 5.82 Å². The number of amides is 1. The van der Waals surface area contributed by atoms with E-state index in [1.165, 1.54) is 19.1 Å². The summed E-state index contributed by atoms with van der Waals surface area (Å²) >= 11 is 0. The van der Waals surface area contributed by atoms with Gasteiger partial charge in [0.05, 0.1) is 0 Å². The van der Waals surface area contributed by atoms with Crippen molar-refractivity contribution in [3.05, 3.63) is 35.6 Å². The molecule has 5 heteroatoms. The lowest BCUT2D eigenvalue weighted by Gasteiger charge is -2.25. The van der Waals surface area contributed by atoms with Gasteiger partial charge in [0.25, 0.3) is 0 Å². The minimum Gasteiger partial charge on any atom is -0.351 e. The van der Waals surface area contributed by atoms with Crippen molar-refractivity contribution in [2.24, 2.45) is 0 Å². The Labute approximate surface area is 131 Å². The summed E-state index contributed by atoms with van der Waals surface area (Å²) in [5, 5.41) is 6.08. The van der Waals surface area contributed by atoms with Crippen molar-refractivity contribution in [2.45, 2.75) is 52.1 Å². The second-order valence-electron chi connectivity index (χ2n) is 6.29. The highest BCUT2D eigenvalue weighted by Crippen LogP contribution is 2.13. The van der Waals surface area contributed by atoms with Gasteiger partial charge in [-0.1, -0.05) is 12.1 Å². The van der Waals surface area contributed by atoms with Crippen LogP contribution < -0.4 is 10.6 Å². The predicted octanol–water partition coefficient (Wildman–Crippen LogP) is 2.74. The summed E-state index contributed by atoms with van der Waals surface area (Å²) in [7, 11) is 0. The van der Waals surface area contributed by atoms with Gasteiger partial charge >= 0.3 is 0 Å². The molecule has 0 spiro atoms. The lowest BCUT2D eigenvalue weighted by molar-refractivity contribution is -0.123. The molecule has 0 heterocycles. The molecule has 1 aromatic carbocycles. The molecule has 4 nitrogen and oxygen atoms in total. The zero-order valence-corrected chi connectivity index (χ0v) is 13.7. The van der Waals surface area contributed by atoms with Gasteiger partial charge in [-0.05, 0) is 45.4 Å². The van der Waals surface area contributed by atoms with Crippen LogP contribution in [-0.4, -0.2) is 23.8 Å². The summed E-state index contributed by atoms with van der Waals surface area (Å²) in [5.74, 6) is -0.304. The van der Waals surface area contributed by atoms with Crippen LogP contribution in [0.4, 0.5) is 4.39 Å². The first-order chi connectivity index (χ1) is 10.2. The maximum atomic E-state index is 12.9. The maximum absolute atomic E-state index is 12.9. The average Bonchev–Trinajstić information content (AvgIpc) is 2.36. The van der Waals surface area contributed by atoms with Gasteiger partial charge in [0, 0.05) is 31.0 Å². The van der Waals surface area contributed by atoms with Crippen LogP contribution in [0.5, 0.6) is 0 Å². The summed E-state index contributed by atoms with van der Waals surface area (Å²) in [5.41, 5.74) is 0.449. The molecule has 22 heavy (non-hydrogen) atoms. The molecule has 0 saturated carbocycles. The largest absolute Gasteiger partial charge is 0.351 e. The predicted molar refractivity (Wildman–Crippen MR) is 85.0 cm³/mol. The quantitative estimate of drug-likeness (QED) is 0.776. The van der Waals surface area contributed by atoms with Crippen molar-refractivity contribution in [3.63, 3.8) is 0 Å². The number of Topliss-reactive ketones (excluding diaryl/α,β-unsaturated/α-hetero) is 1. The van der Waals surface area contributed by atoms with E-state index in [1.807, 2.05) is 20.8 Å². The highest BCUT2D eigenvalue weighted by atomic mass is 19.1. The van der Waals surface area contributed by atoms with Crippen LogP contribution in [0.2, 0.25) is 0 Å². The van der Waals surface area contributed by atoms with E-state index in [2.05, 4.69) is 10.6 Å². The van der Waals surface area contributed by atoms with Crippen molar-refractivity contribution < 1.29 is 14.0 Å². The number of carbonyl (C=O) groups excluding carboxylic acids is 2. The smallest absolute Gasteiger partial charge is 0.221 e. The fourth-order valence-corrected chi connectivity index (χ4v) is 2.38. The van der Waals surface area contributed by atoms with Gasteiger partial charge in [0.15, 0.2) is 0 Å². The summed E-state index contributed by atoms with van der Waals surface area (Å²) in [6.45, 7) is 7.66. The second kappa shape index (κ2) is 8.03. The van der Waals surface area contributed by atoms with E-state index in [-0.39, 0.29) is 23.5 Å². The average molecular weight is 308 g/mol. The summed E-state index contributed by atoms with van der Waals surface area (Å²) in [6.07, 6.45) is 0.644. The highest BCUT2D eigenvalue weighted by molar-refractivity contribution is 5.80. The molecule has 0 unspecified atom stereocenters. The number of halogens is 1. The first-order valence-corrected chi connectivity index (χ1v) is 7.49. The molecule has 0 fully saturated rings. The third-order valence-electron chi connectivity index (χ3n) is 3.34. The van der Waals surface area contributed by atoms with Crippen LogP contribution in [0.25, 0.3) is 0 Å². The Balaban J connectivity index is 2.35. The standard InChI is InChI=1S/C17H25FN2O2/c1-12(21)11-17(3,4)20-16(22)9-10-19-13(2)14-5-7-15(18)8-6-14/h5-8,13,19H,9-11H2,1-4H3,(H,20,22)/t13-/m1/s1. The van der Waals surface area contributed by atoms with Crippen LogP contribution in [0.3, 0.4) is 0 Å². The molecule has 0 aliphatic rings. The van der Waals surface area contributed by atoms with E-state index in [9.17, 15) is 14.0 Å². The van der Waals surface area contributed by atoms with Crippen LogP contribution in [0.1, 0.15) is 52.1 Å². The fourth-order valence-electron chi connectivity index (χ4n) is 2.38. The van der Waals surface area contributed by atoms with Crippen LogP contribution in [0.15, 0.2) is 24.3 Å². The Morgan fingerprint density at radius 3 is 2.36 bits per heavy atom. The van der Waals surface area contributed by atoms with E-state index >= 15 is 0 Å². The number of benzene rings is 1. The first-order valence-electron chi connectivity index (χ1n) is 7.49. The van der Waals surface area contributed by atoms with Gasteiger partial charge in [-0.15, -0.1) is 0 Å². The van der Waals surface area contributed by atoms with Gasteiger partial charge in [0.1, 0.15) is 11.6 Å². The molecule has 1 aromatic rings. The lowest BCUT2D eigenvalue weighted by Crippen LogP contribution is -2.45. The zero-order valence-electron chi connectivity index (χ0n) is 13.7. The minimum absolute atomic E-state index is 0.0404. The Bertz CT molecular complexity index is 512. The Morgan fingerprint density at radius 1 is 1.23 bits per heavy atom. The molecule has 0 radical (unpaired) electrons. The molecule has 0 bridgehead atoms. The van der Waals surface area contributed by atoms with E-state index in [0.29, 0.717) is 19.4 Å². The molecule has 1 rings (SSSR count). The number of hydrogen-bond acceptors (Lipinski definition) is 3. The Hall–Kier alpha value is -1.75. The third-order valence-corrected chi connectivity index (χ3v) is 3.34. The Kier molecular flexibility index (Phi) is 6.68. The molecule has 122 valence electrons. The molecule has 0 saturated heterocycles. The number of ketones is 1. The zero-order chi connectivity index (χ0) is 16.8. The number of rotatable bonds is 8. The maximum Gasteiger partial charge on any atom is 0.221 e. The Morgan fingerprint density at radius 2 is 1.82 bits per heavy atom. The van der Waals surface area contributed by atoms with E-state index in [1.54, 1.807) is 12.1 Å². The SMILES string of the molecule is CC(=O)CC(C)(C)NC(=O)CCN[C@H](C)c1ccc(F)cc1. The highest BCUT2D eigenvalue weighted by Gasteiger charge is 2.21. The molecular formula is C17H25FN2O2. The lowest BCUT2D eigenvalue weighted by atomic mass is 9.98. The normalized spacial score (nSPS) is 12.8. The van der Waals surface area contributed by atoms with Gasteiger partial charge in [0.2, 0.25) is 5.91 Å². The molecular weight excluding hydrogens is 283 g/mol. The van der Waals surface area contributed by atoms with Crippen LogP contribution in [-0.2, 0) is 9.59 Å². The molecule has 1 amide bonds. The first kappa shape index (κ1) is 18.3. The summed E-state index contributed by atoms with van der Waals surface area (Å²) in [6, 6.07) is 6.33. The van der Waals surface area contributed by atoms with E-state index in [0.717, 1.165) is 5.56 Å². The summed E-state index contributed by atoms with van der Waals surface area (Å²) < 4.78 is 12.9. The monoisotopic (exact) mass is 308 g/mol. The van der Waals surface area contributed by atoms with Gasteiger partial charge < -0.3 is 10.6 Å². The third kappa shape index (κ3) is 6.80. The number of hydrogen-bond donors (Lipinski definition) is 2. The van der Waals surface area contributed by atoms with Crippen molar-refractivity contribution in [1.82, 2.24) is 10.6 Å². The van der Waals surface area contributed by atoms with Gasteiger partial charge in [-0.3, -0.25) is 9.59 Å². The molecule has 0 aromatic heterocycles. The second-order valence-corrected chi connectivity index (χ2v) is 6.29. The molecule has 0 aliphatic carbocycles. The molecule has 0 aliphatic heterocycles. The van der Waals surface area contributed by atoms with Crippen molar-refractivity contribution >= 4 is 11.7 Å². The molecule has 1 atom stereocenters. The van der Waals surface area contributed by atoms with Crippen molar-refractivity contribution in [1.29, 1.82) is 0 Å². The van der Waals surface area contributed by atoms with Crippen LogP contribution >= 0.6 is 0 Å². The number of nitrogens with one attached hydrogen (secondary N) is 2. The molecule has 2 N–H and O–H groups in total. The van der Waals surface area contributed by atoms with E-state index < -0.39 is 5.54 Å². The van der Waals surface area contributed by atoms with Crippen molar-refractivity contribution in [3.8, 4) is 0 Å². The van der Waals surface area contributed by atoms with Crippen molar-refractivity contribution in [2.75, 3.05) is 6.54 Å². The minimum atomic E-state index is -0.522. The van der Waals surface area contributed by atoms with Gasteiger partial charge in [-0.25, -0.2) is 4.39 Å². The van der Waals surface area contributed by atoms with Gasteiger partial charge in [-0.2, -0.15) is 0 Å². The number of carbonyl (C=O) groups is 2.